The summed E-state index contributed by atoms with van der Waals surface area (Å²) < 4.78 is 42.2. The first-order valence-corrected chi connectivity index (χ1v) is 14.9. The number of imide groups is 2. The quantitative estimate of drug-likeness (QED) is 0.362. The Morgan fingerprint density at radius 2 is 1.82 bits per heavy atom. The summed E-state index contributed by atoms with van der Waals surface area (Å²) in [6.07, 6.45) is 0.0745. The van der Waals surface area contributed by atoms with Crippen LogP contribution in [0, 0.1) is 5.82 Å². The maximum atomic E-state index is 15.1. The molecule has 2 saturated heterocycles. The fourth-order valence-corrected chi connectivity index (χ4v) is 6.39. The second kappa shape index (κ2) is 11.6. The van der Waals surface area contributed by atoms with Crippen LogP contribution in [-0.4, -0.2) is 75.8 Å². The van der Waals surface area contributed by atoms with Crippen LogP contribution in [0.4, 0.5) is 24.0 Å². The van der Waals surface area contributed by atoms with Gasteiger partial charge in [-0.05, 0) is 30.2 Å². The summed E-state index contributed by atoms with van der Waals surface area (Å²) in [7, 11) is 0. The molecule has 0 saturated carbocycles. The van der Waals surface area contributed by atoms with Crippen molar-refractivity contribution in [3.63, 3.8) is 0 Å². The molecule has 15 heteroatoms. The minimum Gasteiger partial charge on any atom is -0.380 e. The number of nitrogens with one attached hydrogen (secondary N) is 2. The van der Waals surface area contributed by atoms with E-state index in [-0.39, 0.29) is 35.5 Å². The number of piperazine rings is 1. The number of benzene rings is 2. The lowest BCUT2D eigenvalue weighted by Gasteiger charge is -2.34. The van der Waals surface area contributed by atoms with Crippen LogP contribution in [0.25, 0.3) is 0 Å². The van der Waals surface area contributed by atoms with Gasteiger partial charge in [-0.3, -0.25) is 34.3 Å². The zero-order valence-electron chi connectivity index (χ0n) is 23.6. The van der Waals surface area contributed by atoms with Crippen molar-refractivity contribution < 1.29 is 32.3 Å². The Bertz CT molecular complexity index is 1650. The normalized spacial score (nSPS) is 19.4. The van der Waals surface area contributed by atoms with Crippen LogP contribution in [0.15, 0.2) is 36.4 Å². The van der Waals surface area contributed by atoms with Crippen molar-refractivity contribution in [2.24, 2.45) is 0 Å². The summed E-state index contributed by atoms with van der Waals surface area (Å²) in [5.41, 5.74) is 1.70. The van der Waals surface area contributed by atoms with E-state index in [4.69, 9.17) is 0 Å². The monoisotopic (exact) mass is 627 g/mol. The Labute approximate surface area is 254 Å². The van der Waals surface area contributed by atoms with Crippen LogP contribution in [0.3, 0.4) is 0 Å². The van der Waals surface area contributed by atoms with Gasteiger partial charge in [-0.15, -0.1) is 10.2 Å². The molecule has 0 radical (unpaired) electrons. The van der Waals surface area contributed by atoms with Crippen LogP contribution in [0.2, 0.25) is 0 Å². The minimum atomic E-state index is -3.03. The predicted molar refractivity (Wildman–Crippen MR) is 154 cm³/mol. The molecule has 0 aliphatic carbocycles. The molecule has 6 rings (SSSR count). The zero-order chi connectivity index (χ0) is 31.2. The Balaban J connectivity index is 1.06. The van der Waals surface area contributed by atoms with E-state index in [1.807, 2.05) is 11.0 Å². The second-order valence-electron chi connectivity index (χ2n) is 11.0. The Morgan fingerprint density at radius 3 is 2.50 bits per heavy atom. The van der Waals surface area contributed by atoms with Crippen molar-refractivity contribution in [2.75, 3.05) is 36.4 Å². The van der Waals surface area contributed by atoms with Gasteiger partial charge in [0, 0.05) is 63.9 Å². The van der Waals surface area contributed by atoms with E-state index < -0.39 is 41.4 Å². The van der Waals surface area contributed by atoms with E-state index in [9.17, 15) is 28.0 Å². The van der Waals surface area contributed by atoms with Crippen molar-refractivity contribution in [2.45, 2.75) is 44.8 Å². The summed E-state index contributed by atoms with van der Waals surface area (Å²) >= 11 is 0.886. The SMILES string of the molecule is CC(F)(F)c1nnc(N2CCN(Cc3ccc(CNc4cccc5c4C(=O)N(C4CCC(=O)NC4=O)C5=O)c(F)c3)CC2)s1. The number of piperidine rings is 1. The van der Waals surface area contributed by atoms with Gasteiger partial charge in [0.05, 0.1) is 11.1 Å². The molecule has 2 N–H and O–H groups in total. The van der Waals surface area contributed by atoms with Gasteiger partial charge < -0.3 is 10.2 Å². The number of hydrogen-bond acceptors (Lipinski definition) is 10. The Kier molecular flexibility index (Phi) is 7.84. The van der Waals surface area contributed by atoms with Crippen molar-refractivity contribution in [1.29, 1.82) is 0 Å². The van der Waals surface area contributed by atoms with E-state index >= 15 is 4.39 Å². The molecule has 44 heavy (non-hydrogen) atoms. The standard InChI is InChI=1S/C29H28F3N7O4S/c1-29(31,32)27-35-36-28(44-27)38-11-9-37(10-12-38)15-16-5-6-17(19(30)13-16)14-33-20-4-2-3-18-23(20)26(43)39(25(18)42)21-7-8-22(40)34-24(21)41/h2-6,13,21,33H,7-12,14-15H2,1H3,(H,34,40,41). The first kappa shape index (κ1) is 29.7. The highest BCUT2D eigenvalue weighted by molar-refractivity contribution is 7.15. The number of hydrogen-bond donors (Lipinski definition) is 2. The average Bonchev–Trinajstić information content (AvgIpc) is 3.58. The highest BCUT2D eigenvalue weighted by atomic mass is 32.1. The topological polar surface area (TPSA) is 128 Å². The number of halogens is 3. The number of carbonyl (C=O) groups is 4. The van der Waals surface area contributed by atoms with Crippen LogP contribution < -0.4 is 15.5 Å². The van der Waals surface area contributed by atoms with Crippen LogP contribution in [0.1, 0.15) is 56.6 Å². The molecule has 3 aliphatic rings. The minimum absolute atomic E-state index is 0.0221. The molecule has 2 aromatic carbocycles. The van der Waals surface area contributed by atoms with Crippen molar-refractivity contribution in [3.8, 4) is 0 Å². The number of amides is 4. The average molecular weight is 628 g/mol. The van der Waals surface area contributed by atoms with Gasteiger partial charge in [0.15, 0.2) is 5.01 Å². The number of alkyl halides is 2. The molecule has 1 unspecified atom stereocenters. The highest BCUT2D eigenvalue weighted by Crippen LogP contribution is 2.34. The van der Waals surface area contributed by atoms with Crippen LogP contribution in [0.5, 0.6) is 0 Å². The lowest BCUT2D eigenvalue weighted by molar-refractivity contribution is -0.136. The Hall–Kier alpha value is -4.37. The molecular formula is C29H28F3N7O4S. The molecule has 0 spiro atoms. The maximum absolute atomic E-state index is 15.1. The second-order valence-corrected chi connectivity index (χ2v) is 12.0. The molecule has 230 valence electrons. The molecule has 11 nitrogen and oxygen atoms in total. The lowest BCUT2D eigenvalue weighted by Crippen LogP contribution is -2.54. The van der Waals surface area contributed by atoms with Gasteiger partial charge in [0.2, 0.25) is 16.9 Å². The van der Waals surface area contributed by atoms with E-state index in [0.717, 1.165) is 28.7 Å². The van der Waals surface area contributed by atoms with Crippen molar-refractivity contribution >= 4 is 45.8 Å². The Morgan fingerprint density at radius 1 is 1.05 bits per heavy atom. The first-order valence-electron chi connectivity index (χ1n) is 14.0. The third-order valence-corrected chi connectivity index (χ3v) is 9.05. The molecule has 1 aromatic heterocycles. The smallest absolute Gasteiger partial charge is 0.298 e. The lowest BCUT2D eigenvalue weighted by atomic mass is 10.0. The predicted octanol–water partition coefficient (Wildman–Crippen LogP) is 3.12. The molecule has 1 atom stereocenters. The van der Waals surface area contributed by atoms with Gasteiger partial charge in [0.1, 0.15) is 11.9 Å². The zero-order valence-corrected chi connectivity index (χ0v) is 24.4. The number of anilines is 2. The summed E-state index contributed by atoms with van der Waals surface area (Å²) in [6.45, 7) is 3.79. The van der Waals surface area contributed by atoms with Gasteiger partial charge in [-0.1, -0.05) is 29.5 Å². The molecule has 0 bridgehead atoms. The molecular weight excluding hydrogens is 599 g/mol. The number of nitrogens with zero attached hydrogens (tertiary/aromatic N) is 5. The number of carbonyl (C=O) groups excluding carboxylic acids is 4. The largest absolute Gasteiger partial charge is 0.380 e. The van der Waals surface area contributed by atoms with Gasteiger partial charge in [0.25, 0.3) is 17.7 Å². The highest BCUT2D eigenvalue weighted by Gasteiger charge is 2.45. The van der Waals surface area contributed by atoms with Gasteiger partial charge >= 0.3 is 0 Å². The maximum Gasteiger partial charge on any atom is 0.298 e. The number of rotatable bonds is 8. The number of fused-ring (bicyclic) bond motifs is 1. The third kappa shape index (κ3) is 5.76. The summed E-state index contributed by atoms with van der Waals surface area (Å²) in [4.78, 5) is 55.2. The van der Waals surface area contributed by atoms with Crippen LogP contribution in [-0.2, 0) is 28.6 Å². The summed E-state index contributed by atoms with van der Waals surface area (Å²) in [5, 5.41) is 12.9. The van der Waals surface area contributed by atoms with E-state index in [0.29, 0.717) is 49.1 Å². The van der Waals surface area contributed by atoms with Gasteiger partial charge in [-0.2, -0.15) is 8.78 Å². The molecule has 3 aromatic rings. The van der Waals surface area contributed by atoms with E-state index in [1.165, 1.54) is 12.1 Å². The molecule has 4 amide bonds. The fourth-order valence-electron chi connectivity index (χ4n) is 5.56. The molecule has 2 fully saturated rings. The third-order valence-electron chi connectivity index (χ3n) is 7.89. The van der Waals surface area contributed by atoms with Crippen molar-refractivity contribution in [1.82, 2.24) is 25.3 Å². The van der Waals surface area contributed by atoms with Gasteiger partial charge in [-0.25, -0.2) is 4.39 Å². The first-order chi connectivity index (χ1) is 21.0. The fraction of sp³-hybridized carbons (Fsp3) is 0.379. The molecule has 4 heterocycles. The molecule has 3 aliphatic heterocycles. The summed E-state index contributed by atoms with van der Waals surface area (Å²) in [6, 6.07) is 8.57. The summed E-state index contributed by atoms with van der Waals surface area (Å²) in [5.74, 6) is -5.87. The van der Waals surface area contributed by atoms with E-state index in [2.05, 4.69) is 25.7 Å². The van der Waals surface area contributed by atoms with E-state index in [1.54, 1.807) is 18.2 Å². The van der Waals surface area contributed by atoms with Crippen LogP contribution >= 0.6 is 11.3 Å². The number of aromatic nitrogens is 2. The van der Waals surface area contributed by atoms with Crippen molar-refractivity contribution in [3.05, 3.63) is 69.5 Å².